The summed E-state index contributed by atoms with van der Waals surface area (Å²) in [4.78, 5) is 2.63. The second-order valence-corrected chi connectivity index (χ2v) is 4.90. The van der Waals surface area contributed by atoms with Gasteiger partial charge in [0.15, 0.2) is 0 Å². The van der Waals surface area contributed by atoms with Gasteiger partial charge < -0.3 is 15.4 Å². The van der Waals surface area contributed by atoms with E-state index >= 15 is 0 Å². The molecule has 0 aromatic carbocycles. The molecule has 0 atom stereocenters. The van der Waals surface area contributed by atoms with Crippen LogP contribution in [0.3, 0.4) is 0 Å². The lowest BCUT2D eigenvalue weighted by molar-refractivity contribution is 0.143. The molecule has 0 radical (unpaired) electrons. The number of rotatable bonds is 7. The predicted octanol–water partition coefficient (Wildman–Crippen LogP) is 2.00. The molecule has 0 aromatic rings. The molecule has 16 heavy (non-hydrogen) atoms. The van der Waals surface area contributed by atoms with Crippen LogP contribution in [0.2, 0.25) is 0 Å². The largest absolute Gasteiger partial charge is 0.385 e. The van der Waals surface area contributed by atoms with Crippen LogP contribution in [0, 0.1) is 0 Å². The number of nitrogens with zero attached hydrogens (tertiary/aromatic N) is 1. The van der Waals surface area contributed by atoms with Crippen molar-refractivity contribution in [2.45, 2.75) is 57.5 Å². The summed E-state index contributed by atoms with van der Waals surface area (Å²) in [5.74, 6) is 0. The summed E-state index contributed by atoms with van der Waals surface area (Å²) in [7, 11) is 1.78. The molecule has 1 rings (SSSR count). The van der Waals surface area contributed by atoms with Gasteiger partial charge in [0.2, 0.25) is 0 Å². The molecule has 0 heterocycles. The molecule has 0 bridgehead atoms. The lowest BCUT2D eigenvalue weighted by atomic mass is 9.90. The summed E-state index contributed by atoms with van der Waals surface area (Å²) in [6, 6.07) is 1.25. The first kappa shape index (κ1) is 13.9. The van der Waals surface area contributed by atoms with Gasteiger partial charge in [-0.15, -0.1) is 0 Å². The summed E-state index contributed by atoms with van der Waals surface area (Å²) in [5, 5.41) is 0. The maximum absolute atomic E-state index is 5.94. The summed E-state index contributed by atoms with van der Waals surface area (Å²) in [6.07, 6.45) is 7.43. The molecule has 1 saturated carbocycles. The van der Waals surface area contributed by atoms with Gasteiger partial charge in [-0.25, -0.2) is 0 Å². The van der Waals surface area contributed by atoms with Crippen molar-refractivity contribution in [1.29, 1.82) is 0 Å². The van der Waals surface area contributed by atoms with E-state index < -0.39 is 0 Å². The van der Waals surface area contributed by atoms with Crippen molar-refractivity contribution in [2.75, 3.05) is 26.8 Å². The highest BCUT2D eigenvalue weighted by atomic mass is 16.5. The number of hydrogen-bond donors (Lipinski definition) is 1. The summed E-state index contributed by atoms with van der Waals surface area (Å²) in [5.41, 5.74) is 5.94. The zero-order chi connectivity index (χ0) is 11.8. The van der Waals surface area contributed by atoms with E-state index in [4.69, 9.17) is 10.5 Å². The van der Waals surface area contributed by atoms with E-state index in [9.17, 15) is 0 Å². The maximum atomic E-state index is 5.94. The van der Waals surface area contributed by atoms with Crippen molar-refractivity contribution < 1.29 is 4.74 Å². The fourth-order valence-corrected chi connectivity index (χ4v) is 2.63. The number of nitrogens with two attached hydrogens (primary N) is 1. The Morgan fingerprint density at radius 2 is 1.88 bits per heavy atom. The van der Waals surface area contributed by atoms with Crippen molar-refractivity contribution in [1.82, 2.24) is 4.90 Å². The molecule has 0 unspecified atom stereocenters. The van der Waals surface area contributed by atoms with Crippen LogP contribution < -0.4 is 5.73 Å². The maximum Gasteiger partial charge on any atom is 0.0462 e. The number of ether oxygens (including phenoxy) is 1. The summed E-state index contributed by atoms with van der Waals surface area (Å²) >= 11 is 0. The Hall–Kier alpha value is -0.120. The first-order valence-electron chi connectivity index (χ1n) is 6.76. The Morgan fingerprint density at radius 3 is 2.44 bits per heavy atom. The van der Waals surface area contributed by atoms with E-state index in [0.717, 1.165) is 12.6 Å². The van der Waals surface area contributed by atoms with Crippen LogP contribution in [0.15, 0.2) is 0 Å². The Labute approximate surface area is 100 Å². The number of hydrogen-bond acceptors (Lipinski definition) is 3. The van der Waals surface area contributed by atoms with E-state index in [0.29, 0.717) is 6.04 Å². The standard InChI is InChI=1S/C13H28N2O/c1-3-15(10-4-5-11-16-2)13-8-6-12(14)7-9-13/h12-13H,3-11,14H2,1-2H3. The highest BCUT2D eigenvalue weighted by Gasteiger charge is 2.22. The Morgan fingerprint density at radius 1 is 1.19 bits per heavy atom. The van der Waals surface area contributed by atoms with Gasteiger partial charge in [0.25, 0.3) is 0 Å². The van der Waals surface area contributed by atoms with Crippen molar-refractivity contribution in [3.8, 4) is 0 Å². The average molecular weight is 228 g/mol. The van der Waals surface area contributed by atoms with Crippen LogP contribution >= 0.6 is 0 Å². The molecule has 96 valence electrons. The molecule has 3 heteroatoms. The second-order valence-electron chi connectivity index (χ2n) is 4.90. The molecular formula is C13H28N2O. The Kier molecular flexibility index (Phi) is 7.01. The van der Waals surface area contributed by atoms with E-state index in [2.05, 4.69) is 11.8 Å². The van der Waals surface area contributed by atoms with Gasteiger partial charge in [-0.1, -0.05) is 6.92 Å². The predicted molar refractivity (Wildman–Crippen MR) is 68.6 cm³/mol. The van der Waals surface area contributed by atoms with E-state index in [1.54, 1.807) is 7.11 Å². The highest BCUT2D eigenvalue weighted by molar-refractivity contribution is 4.80. The third-order valence-corrected chi connectivity index (χ3v) is 3.71. The Bertz CT molecular complexity index is 167. The molecule has 0 aliphatic heterocycles. The van der Waals surface area contributed by atoms with E-state index in [1.165, 1.54) is 51.6 Å². The monoisotopic (exact) mass is 228 g/mol. The van der Waals surface area contributed by atoms with Crippen LogP contribution in [0.1, 0.15) is 45.4 Å². The van der Waals surface area contributed by atoms with Crippen LogP contribution in [-0.4, -0.2) is 43.8 Å². The fraction of sp³-hybridized carbons (Fsp3) is 1.00. The Balaban J connectivity index is 2.19. The number of methoxy groups -OCH3 is 1. The van der Waals surface area contributed by atoms with E-state index in [1.807, 2.05) is 0 Å². The van der Waals surface area contributed by atoms with E-state index in [-0.39, 0.29) is 0 Å². The van der Waals surface area contributed by atoms with Gasteiger partial charge in [-0.3, -0.25) is 0 Å². The van der Waals surface area contributed by atoms with Gasteiger partial charge >= 0.3 is 0 Å². The van der Waals surface area contributed by atoms with Gasteiger partial charge in [0.1, 0.15) is 0 Å². The van der Waals surface area contributed by atoms with Crippen LogP contribution in [0.4, 0.5) is 0 Å². The van der Waals surface area contributed by atoms with Crippen LogP contribution in [0.25, 0.3) is 0 Å². The lowest BCUT2D eigenvalue weighted by Crippen LogP contribution is -2.41. The third-order valence-electron chi connectivity index (χ3n) is 3.71. The molecule has 1 aliphatic rings. The second kappa shape index (κ2) is 8.04. The van der Waals surface area contributed by atoms with Crippen molar-refractivity contribution in [3.63, 3.8) is 0 Å². The molecule has 1 fully saturated rings. The van der Waals surface area contributed by atoms with Gasteiger partial charge in [-0.2, -0.15) is 0 Å². The highest BCUT2D eigenvalue weighted by Crippen LogP contribution is 2.22. The smallest absolute Gasteiger partial charge is 0.0462 e. The molecule has 0 amide bonds. The minimum atomic E-state index is 0.462. The van der Waals surface area contributed by atoms with Crippen LogP contribution in [0.5, 0.6) is 0 Å². The molecule has 0 aromatic heterocycles. The van der Waals surface area contributed by atoms with Crippen molar-refractivity contribution in [2.24, 2.45) is 5.73 Å². The molecule has 2 N–H and O–H groups in total. The molecular weight excluding hydrogens is 200 g/mol. The molecule has 3 nitrogen and oxygen atoms in total. The summed E-state index contributed by atoms with van der Waals surface area (Å²) in [6.45, 7) is 5.56. The van der Waals surface area contributed by atoms with Gasteiger partial charge in [0, 0.05) is 25.8 Å². The molecule has 0 saturated heterocycles. The van der Waals surface area contributed by atoms with Crippen LogP contribution in [-0.2, 0) is 4.74 Å². The van der Waals surface area contributed by atoms with Gasteiger partial charge in [0.05, 0.1) is 0 Å². The lowest BCUT2D eigenvalue weighted by Gasteiger charge is -2.35. The average Bonchev–Trinajstić information content (AvgIpc) is 2.31. The zero-order valence-electron chi connectivity index (χ0n) is 11.0. The van der Waals surface area contributed by atoms with Crippen molar-refractivity contribution >= 4 is 0 Å². The molecule has 0 spiro atoms. The minimum absolute atomic E-state index is 0.462. The first-order valence-corrected chi connectivity index (χ1v) is 6.76. The first-order chi connectivity index (χ1) is 7.77. The van der Waals surface area contributed by atoms with Crippen molar-refractivity contribution in [3.05, 3.63) is 0 Å². The normalized spacial score (nSPS) is 26.2. The topological polar surface area (TPSA) is 38.5 Å². The zero-order valence-corrected chi connectivity index (χ0v) is 11.0. The van der Waals surface area contributed by atoms with Gasteiger partial charge in [-0.05, 0) is 51.6 Å². The fourth-order valence-electron chi connectivity index (χ4n) is 2.63. The molecule has 1 aliphatic carbocycles. The summed E-state index contributed by atoms with van der Waals surface area (Å²) < 4.78 is 5.08. The number of unbranched alkanes of at least 4 members (excludes halogenated alkanes) is 1. The quantitative estimate of drug-likeness (QED) is 0.677. The SMILES string of the molecule is CCN(CCCCOC)C1CCC(N)CC1. The third kappa shape index (κ3) is 4.81. The minimum Gasteiger partial charge on any atom is -0.385 e.